The van der Waals surface area contributed by atoms with E-state index in [4.69, 9.17) is 4.74 Å². The highest BCUT2D eigenvalue weighted by atomic mass is 16.5. The van der Waals surface area contributed by atoms with Crippen molar-refractivity contribution in [2.24, 2.45) is 11.8 Å². The van der Waals surface area contributed by atoms with Gasteiger partial charge >= 0.3 is 6.03 Å². The Bertz CT molecular complexity index is 618. The third-order valence-electron chi connectivity index (χ3n) is 5.07. The fourth-order valence-electron chi connectivity index (χ4n) is 3.39. The summed E-state index contributed by atoms with van der Waals surface area (Å²) in [6, 6.07) is 7.80. The minimum Gasteiger partial charge on any atom is -0.496 e. The zero-order valence-corrected chi connectivity index (χ0v) is 16.2. The zero-order valence-electron chi connectivity index (χ0n) is 16.2. The van der Waals surface area contributed by atoms with Gasteiger partial charge in [0, 0.05) is 26.2 Å². The second-order valence-electron chi connectivity index (χ2n) is 7.22. The van der Waals surface area contributed by atoms with Crippen LogP contribution in [0.15, 0.2) is 24.3 Å². The molecule has 2 atom stereocenters. The van der Waals surface area contributed by atoms with Gasteiger partial charge in [0.2, 0.25) is 5.91 Å². The van der Waals surface area contributed by atoms with E-state index in [1.54, 1.807) is 19.1 Å². The van der Waals surface area contributed by atoms with Gasteiger partial charge in [-0.25, -0.2) is 4.79 Å². The highest BCUT2D eigenvalue weighted by molar-refractivity contribution is 5.80. The maximum absolute atomic E-state index is 12.8. The molecule has 1 aliphatic rings. The molecule has 2 rings (SSSR count). The monoisotopic (exact) mass is 361 g/mol. The van der Waals surface area contributed by atoms with Gasteiger partial charge in [-0.2, -0.15) is 0 Å². The Balaban J connectivity index is 2.02. The first-order chi connectivity index (χ1) is 12.5. The Morgan fingerprint density at radius 2 is 2.04 bits per heavy atom. The number of hydrogen-bond donors (Lipinski definition) is 2. The first-order valence-corrected chi connectivity index (χ1v) is 9.35. The lowest BCUT2D eigenvalue weighted by Gasteiger charge is -2.34. The normalized spacial score (nSPS) is 18.3. The number of para-hydroxylation sites is 1. The van der Waals surface area contributed by atoms with Crippen LogP contribution in [0.2, 0.25) is 0 Å². The molecule has 0 aliphatic carbocycles. The second kappa shape index (κ2) is 9.46. The predicted molar refractivity (Wildman–Crippen MR) is 102 cm³/mol. The van der Waals surface area contributed by atoms with Crippen LogP contribution in [0.3, 0.4) is 0 Å². The van der Waals surface area contributed by atoms with Crippen LogP contribution in [0.25, 0.3) is 0 Å². The van der Waals surface area contributed by atoms with Gasteiger partial charge in [-0.1, -0.05) is 32.0 Å². The number of amides is 3. The van der Waals surface area contributed by atoms with Crippen molar-refractivity contribution < 1.29 is 14.3 Å². The molecule has 0 aromatic heterocycles. The lowest BCUT2D eigenvalue weighted by Crippen LogP contribution is -2.52. The van der Waals surface area contributed by atoms with E-state index in [1.807, 2.05) is 24.3 Å². The number of methoxy groups -OCH3 is 1. The molecule has 2 N–H and O–H groups in total. The molecule has 0 saturated carbocycles. The van der Waals surface area contributed by atoms with E-state index in [0.29, 0.717) is 19.5 Å². The fraction of sp³-hybridized carbons (Fsp3) is 0.600. The first-order valence-electron chi connectivity index (χ1n) is 9.35. The summed E-state index contributed by atoms with van der Waals surface area (Å²) in [4.78, 5) is 26.4. The number of likely N-dealkylation sites (tertiary alicyclic amines) is 1. The molecule has 0 radical (unpaired) electrons. The molecule has 1 aromatic carbocycles. The summed E-state index contributed by atoms with van der Waals surface area (Å²) in [7, 11) is 3.30. The molecule has 1 aliphatic heterocycles. The van der Waals surface area contributed by atoms with E-state index in [1.165, 1.54) is 0 Å². The number of piperidine rings is 1. The number of rotatable bonds is 6. The van der Waals surface area contributed by atoms with Crippen LogP contribution in [-0.2, 0) is 11.2 Å². The molecule has 3 amide bonds. The van der Waals surface area contributed by atoms with E-state index < -0.39 is 0 Å². The SMILES string of the molecule is CNC(=O)C1CCCN(C(=O)NC(Cc2ccccc2OC)C(C)C)C1. The summed E-state index contributed by atoms with van der Waals surface area (Å²) in [6.07, 6.45) is 2.39. The minimum atomic E-state index is -0.119. The van der Waals surface area contributed by atoms with Crippen molar-refractivity contribution in [3.8, 4) is 5.75 Å². The average Bonchev–Trinajstić information content (AvgIpc) is 2.67. The van der Waals surface area contributed by atoms with Crippen molar-refractivity contribution in [3.05, 3.63) is 29.8 Å². The first kappa shape index (κ1) is 20.1. The molecule has 6 heteroatoms. The van der Waals surface area contributed by atoms with Gasteiger partial charge in [-0.05, 0) is 36.8 Å². The summed E-state index contributed by atoms with van der Waals surface area (Å²) in [5.41, 5.74) is 1.08. The number of urea groups is 1. The number of nitrogens with one attached hydrogen (secondary N) is 2. The molecule has 0 spiro atoms. The summed E-state index contributed by atoms with van der Waals surface area (Å²) in [5.74, 6) is 1.01. The number of benzene rings is 1. The van der Waals surface area contributed by atoms with Crippen LogP contribution in [0, 0.1) is 11.8 Å². The third-order valence-corrected chi connectivity index (χ3v) is 5.07. The molecule has 6 nitrogen and oxygen atoms in total. The van der Waals surface area contributed by atoms with Gasteiger partial charge in [0.15, 0.2) is 0 Å². The Labute approximate surface area is 156 Å². The van der Waals surface area contributed by atoms with Crippen LogP contribution in [0.1, 0.15) is 32.3 Å². The molecule has 1 saturated heterocycles. The fourth-order valence-corrected chi connectivity index (χ4v) is 3.39. The number of hydrogen-bond acceptors (Lipinski definition) is 3. The van der Waals surface area contributed by atoms with Crippen molar-refractivity contribution >= 4 is 11.9 Å². The largest absolute Gasteiger partial charge is 0.496 e. The Morgan fingerprint density at radius 1 is 1.31 bits per heavy atom. The highest BCUT2D eigenvalue weighted by Gasteiger charge is 2.29. The smallest absolute Gasteiger partial charge is 0.317 e. The van der Waals surface area contributed by atoms with Gasteiger partial charge in [-0.3, -0.25) is 4.79 Å². The molecular formula is C20H31N3O3. The van der Waals surface area contributed by atoms with E-state index in [2.05, 4.69) is 24.5 Å². The summed E-state index contributed by atoms with van der Waals surface area (Å²) in [6.45, 7) is 5.37. The topological polar surface area (TPSA) is 70.7 Å². The summed E-state index contributed by atoms with van der Waals surface area (Å²) >= 11 is 0. The number of nitrogens with zero attached hydrogens (tertiary/aromatic N) is 1. The lowest BCUT2D eigenvalue weighted by molar-refractivity contribution is -0.125. The number of carbonyl (C=O) groups is 2. The van der Waals surface area contributed by atoms with Gasteiger partial charge in [0.25, 0.3) is 0 Å². The summed E-state index contributed by atoms with van der Waals surface area (Å²) < 4.78 is 5.43. The maximum atomic E-state index is 12.8. The molecule has 1 heterocycles. The predicted octanol–water partition coefficient (Wildman–Crippen LogP) is 2.43. The average molecular weight is 361 g/mol. The molecule has 26 heavy (non-hydrogen) atoms. The molecule has 144 valence electrons. The molecule has 0 bridgehead atoms. The van der Waals surface area contributed by atoms with Crippen molar-refractivity contribution in [1.29, 1.82) is 0 Å². The quantitative estimate of drug-likeness (QED) is 0.817. The van der Waals surface area contributed by atoms with E-state index in [0.717, 1.165) is 24.2 Å². The lowest BCUT2D eigenvalue weighted by atomic mass is 9.95. The molecule has 1 aromatic rings. The summed E-state index contributed by atoms with van der Waals surface area (Å²) in [5, 5.41) is 5.85. The van der Waals surface area contributed by atoms with Gasteiger partial charge < -0.3 is 20.3 Å². The Kier molecular flexibility index (Phi) is 7.30. The highest BCUT2D eigenvalue weighted by Crippen LogP contribution is 2.22. The van der Waals surface area contributed by atoms with Crippen LogP contribution < -0.4 is 15.4 Å². The molecule has 1 fully saturated rings. The number of ether oxygens (including phenoxy) is 1. The van der Waals surface area contributed by atoms with Crippen molar-refractivity contribution in [3.63, 3.8) is 0 Å². The standard InChI is InChI=1S/C20H31N3O3/c1-14(2)17(12-15-8-5-6-10-18(15)26-4)22-20(25)23-11-7-9-16(13-23)19(24)21-3/h5-6,8,10,14,16-17H,7,9,11-13H2,1-4H3,(H,21,24)(H,22,25). The van der Waals surface area contributed by atoms with E-state index in [-0.39, 0.29) is 29.8 Å². The Hall–Kier alpha value is -2.24. The van der Waals surface area contributed by atoms with Crippen LogP contribution in [0.5, 0.6) is 5.75 Å². The van der Waals surface area contributed by atoms with Crippen LogP contribution in [-0.4, -0.2) is 50.1 Å². The third kappa shape index (κ3) is 5.13. The molecule has 2 unspecified atom stereocenters. The maximum Gasteiger partial charge on any atom is 0.317 e. The Morgan fingerprint density at radius 3 is 2.69 bits per heavy atom. The number of carbonyl (C=O) groups excluding carboxylic acids is 2. The van der Waals surface area contributed by atoms with E-state index >= 15 is 0 Å². The van der Waals surface area contributed by atoms with Gasteiger partial charge in [-0.15, -0.1) is 0 Å². The molecular weight excluding hydrogens is 330 g/mol. The van der Waals surface area contributed by atoms with Crippen LogP contribution >= 0.6 is 0 Å². The van der Waals surface area contributed by atoms with Crippen LogP contribution in [0.4, 0.5) is 4.79 Å². The van der Waals surface area contributed by atoms with E-state index in [9.17, 15) is 9.59 Å². The van der Waals surface area contributed by atoms with Crippen molar-refractivity contribution in [2.75, 3.05) is 27.2 Å². The zero-order chi connectivity index (χ0) is 19.1. The van der Waals surface area contributed by atoms with Crippen molar-refractivity contribution in [1.82, 2.24) is 15.5 Å². The van der Waals surface area contributed by atoms with Gasteiger partial charge in [0.1, 0.15) is 5.75 Å². The van der Waals surface area contributed by atoms with Gasteiger partial charge in [0.05, 0.1) is 13.0 Å². The van der Waals surface area contributed by atoms with Crippen molar-refractivity contribution in [2.45, 2.75) is 39.2 Å². The minimum absolute atomic E-state index is 0.000761. The second-order valence-corrected chi connectivity index (χ2v) is 7.22.